The Morgan fingerprint density at radius 1 is 1.06 bits per heavy atom. The normalized spacial score (nSPS) is 10.7. The summed E-state index contributed by atoms with van der Waals surface area (Å²) >= 11 is 0. The van der Waals surface area contributed by atoms with Gasteiger partial charge in [-0.05, 0) is 12.1 Å². The molecule has 4 heteroatoms. The van der Waals surface area contributed by atoms with Crippen LogP contribution in [0.5, 0.6) is 0 Å². The largest absolute Gasteiger partial charge is 0.384 e. The molecular formula is C14H12N4. The van der Waals surface area contributed by atoms with Crippen LogP contribution in [-0.2, 0) is 0 Å². The van der Waals surface area contributed by atoms with Gasteiger partial charge in [-0.25, -0.2) is 4.98 Å². The van der Waals surface area contributed by atoms with Crippen molar-refractivity contribution in [1.29, 1.82) is 5.41 Å². The zero-order valence-corrected chi connectivity index (χ0v) is 9.64. The molecule has 0 spiro atoms. The fraction of sp³-hybridized carbons (Fsp3) is 0. The minimum Gasteiger partial charge on any atom is -0.384 e. The van der Waals surface area contributed by atoms with Gasteiger partial charge >= 0.3 is 0 Å². The first-order chi connectivity index (χ1) is 8.75. The van der Waals surface area contributed by atoms with Crippen LogP contribution < -0.4 is 5.73 Å². The van der Waals surface area contributed by atoms with Crippen molar-refractivity contribution in [1.82, 2.24) is 9.97 Å². The molecular weight excluding hydrogens is 224 g/mol. The first-order valence-corrected chi connectivity index (χ1v) is 5.64. The number of nitrogens with zero attached hydrogens (tertiary/aromatic N) is 1. The SMILES string of the molecule is N=C(N)c1cccc2[nH]c(-c3ccccc3)nc12. The van der Waals surface area contributed by atoms with E-state index in [9.17, 15) is 0 Å². The van der Waals surface area contributed by atoms with Crippen molar-refractivity contribution in [2.24, 2.45) is 5.73 Å². The second kappa shape index (κ2) is 4.00. The van der Waals surface area contributed by atoms with Crippen LogP contribution in [0.25, 0.3) is 22.4 Å². The molecule has 88 valence electrons. The molecule has 4 nitrogen and oxygen atoms in total. The Kier molecular flexibility index (Phi) is 2.34. The number of para-hydroxylation sites is 1. The third kappa shape index (κ3) is 1.64. The average Bonchev–Trinajstić information content (AvgIpc) is 2.83. The van der Waals surface area contributed by atoms with Crippen LogP contribution >= 0.6 is 0 Å². The number of nitrogens with two attached hydrogens (primary N) is 1. The number of nitrogen functional groups attached to an aromatic ring is 1. The van der Waals surface area contributed by atoms with Gasteiger partial charge in [0.2, 0.25) is 0 Å². The lowest BCUT2D eigenvalue weighted by Crippen LogP contribution is -2.11. The fourth-order valence-corrected chi connectivity index (χ4v) is 1.98. The molecule has 1 aromatic heterocycles. The fourth-order valence-electron chi connectivity index (χ4n) is 1.98. The predicted molar refractivity (Wildman–Crippen MR) is 72.5 cm³/mol. The lowest BCUT2D eigenvalue weighted by atomic mass is 10.2. The Hall–Kier alpha value is -2.62. The van der Waals surface area contributed by atoms with Crippen LogP contribution in [0.2, 0.25) is 0 Å². The van der Waals surface area contributed by atoms with Crippen LogP contribution in [-0.4, -0.2) is 15.8 Å². The molecule has 0 saturated carbocycles. The summed E-state index contributed by atoms with van der Waals surface area (Å²) in [4.78, 5) is 7.77. The Bertz CT molecular complexity index is 713. The molecule has 0 unspecified atom stereocenters. The van der Waals surface area contributed by atoms with E-state index in [1.165, 1.54) is 0 Å². The monoisotopic (exact) mass is 236 g/mol. The topological polar surface area (TPSA) is 78.5 Å². The van der Waals surface area contributed by atoms with E-state index < -0.39 is 0 Å². The lowest BCUT2D eigenvalue weighted by molar-refractivity contribution is 1.33. The molecule has 0 bridgehead atoms. The Labute approximate surface area is 104 Å². The van der Waals surface area contributed by atoms with E-state index in [1.54, 1.807) is 6.07 Å². The predicted octanol–water partition coefficient (Wildman–Crippen LogP) is 2.51. The molecule has 2 aromatic carbocycles. The third-order valence-electron chi connectivity index (χ3n) is 2.85. The van der Waals surface area contributed by atoms with Crippen molar-refractivity contribution >= 4 is 16.9 Å². The summed E-state index contributed by atoms with van der Waals surface area (Å²) in [6.45, 7) is 0. The van der Waals surface area contributed by atoms with Crippen LogP contribution in [0.4, 0.5) is 0 Å². The zero-order valence-electron chi connectivity index (χ0n) is 9.64. The molecule has 3 aromatic rings. The van der Waals surface area contributed by atoms with Gasteiger partial charge < -0.3 is 10.7 Å². The van der Waals surface area contributed by atoms with Gasteiger partial charge in [-0.3, -0.25) is 5.41 Å². The average molecular weight is 236 g/mol. The van der Waals surface area contributed by atoms with E-state index in [0.717, 1.165) is 22.4 Å². The quantitative estimate of drug-likeness (QED) is 0.472. The number of amidine groups is 1. The van der Waals surface area contributed by atoms with E-state index in [1.807, 2.05) is 42.5 Å². The van der Waals surface area contributed by atoms with Crippen molar-refractivity contribution in [3.63, 3.8) is 0 Å². The number of imidazole rings is 1. The molecule has 0 radical (unpaired) electrons. The summed E-state index contributed by atoms with van der Waals surface area (Å²) in [6.07, 6.45) is 0. The standard InChI is InChI=1S/C14H12N4/c15-13(16)10-7-4-8-11-12(10)18-14(17-11)9-5-2-1-3-6-9/h1-8H,(H3,15,16)(H,17,18). The lowest BCUT2D eigenvalue weighted by Gasteiger charge is -1.97. The summed E-state index contributed by atoms with van der Waals surface area (Å²) in [5.41, 5.74) is 8.86. The summed E-state index contributed by atoms with van der Waals surface area (Å²) < 4.78 is 0. The van der Waals surface area contributed by atoms with Crippen LogP contribution in [0.3, 0.4) is 0 Å². The van der Waals surface area contributed by atoms with Gasteiger partial charge in [0.25, 0.3) is 0 Å². The second-order valence-corrected chi connectivity index (χ2v) is 4.07. The Morgan fingerprint density at radius 2 is 1.83 bits per heavy atom. The highest BCUT2D eigenvalue weighted by Gasteiger charge is 2.09. The van der Waals surface area contributed by atoms with Gasteiger partial charge in [0.1, 0.15) is 11.7 Å². The summed E-state index contributed by atoms with van der Waals surface area (Å²) in [6, 6.07) is 15.5. The van der Waals surface area contributed by atoms with Crippen molar-refractivity contribution in [3.05, 3.63) is 54.1 Å². The third-order valence-corrected chi connectivity index (χ3v) is 2.85. The molecule has 0 aliphatic heterocycles. The van der Waals surface area contributed by atoms with E-state index in [2.05, 4.69) is 9.97 Å². The molecule has 4 N–H and O–H groups in total. The first-order valence-electron chi connectivity index (χ1n) is 5.64. The zero-order chi connectivity index (χ0) is 12.5. The molecule has 1 heterocycles. The van der Waals surface area contributed by atoms with Gasteiger partial charge in [-0.15, -0.1) is 0 Å². The number of hydrogen-bond donors (Lipinski definition) is 3. The van der Waals surface area contributed by atoms with Crippen LogP contribution in [0, 0.1) is 5.41 Å². The molecule has 0 amide bonds. The van der Waals surface area contributed by atoms with Crippen LogP contribution in [0.1, 0.15) is 5.56 Å². The van der Waals surface area contributed by atoms with Gasteiger partial charge in [-0.2, -0.15) is 0 Å². The second-order valence-electron chi connectivity index (χ2n) is 4.07. The van der Waals surface area contributed by atoms with Gasteiger partial charge in [0.05, 0.1) is 11.0 Å². The molecule has 0 saturated heterocycles. The Balaban J connectivity index is 2.23. The van der Waals surface area contributed by atoms with Gasteiger partial charge in [-0.1, -0.05) is 36.4 Å². The number of aromatic amines is 1. The summed E-state index contributed by atoms with van der Waals surface area (Å²) in [5.74, 6) is 0.825. The van der Waals surface area contributed by atoms with Gasteiger partial charge in [0, 0.05) is 11.1 Å². The number of aromatic nitrogens is 2. The maximum atomic E-state index is 7.56. The van der Waals surface area contributed by atoms with E-state index >= 15 is 0 Å². The molecule has 0 aliphatic rings. The van der Waals surface area contributed by atoms with Crippen molar-refractivity contribution < 1.29 is 0 Å². The number of hydrogen-bond acceptors (Lipinski definition) is 2. The van der Waals surface area contributed by atoms with Crippen molar-refractivity contribution in [3.8, 4) is 11.4 Å². The Morgan fingerprint density at radius 3 is 2.56 bits per heavy atom. The molecule has 3 rings (SSSR count). The number of H-pyrrole nitrogens is 1. The number of nitrogens with one attached hydrogen (secondary N) is 2. The van der Waals surface area contributed by atoms with E-state index in [4.69, 9.17) is 11.1 Å². The molecule has 0 aliphatic carbocycles. The molecule has 0 atom stereocenters. The number of rotatable bonds is 2. The highest BCUT2D eigenvalue weighted by Crippen LogP contribution is 2.22. The minimum absolute atomic E-state index is 0.0340. The maximum Gasteiger partial charge on any atom is 0.138 e. The minimum atomic E-state index is 0.0340. The van der Waals surface area contributed by atoms with E-state index in [-0.39, 0.29) is 5.84 Å². The summed E-state index contributed by atoms with van der Waals surface area (Å²) in [5, 5.41) is 7.56. The summed E-state index contributed by atoms with van der Waals surface area (Å²) in [7, 11) is 0. The van der Waals surface area contributed by atoms with Crippen LogP contribution in [0.15, 0.2) is 48.5 Å². The smallest absolute Gasteiger partial charge is 0.138 e. The molecule has 18 heavy (non-hydrogen) atoms. The highest BCUT2D eigenvalue weighted by atomic mass is 14.9. The number of fused-ring (bicyclic) bond motifs is 1. The first kappa shape index (κ1) is 10.5. The van der Waals surface area contributed by atoms with Crippen molar-refractivity contribution in [2.45, 2.75) is 0 Å². The molecule has 0 fully saturated rings. The number of benzene rings is 2. The van der Waals surface area contributed by atoms with E-state index in [0.29, 0.717) is 5.56 Å². The highest BCUT2D eigenvalue weighted by molar-refractivity contribution is 6.05. The maximum absolute atomic E-state index is 7.56. The van der Waals surface area contributed by atoms with Crippen molar-refractivity contribution in [2.75, 3.05) is 0 Å². The van der Waals surface area contributed by atoms with Gasteiger partial charge in [0.15, 0.2) is 0 Å².